The van der Waals surface area contributed by atoms with E-state index in [9.17, 15) is 14.9 Å². The van der Waals surface area contributed by atoms with Crippen LogP contribution in [0.2, 0.25) is 0 Å². The highest BCUT2D eigenvalue weighted by atomic mass is 16.6. The highest BCUT2D eigenvalue weighted by Crippen LogP contribution is 2.25. The van der Waals surface area contributed by atoms with Crippen molar-refractivity contribution in [3.8, 4) is 0 Å². The maximum absolute atomic E-state index is 11.2. The summed E-state index contributed by atoms with van der Waals surface area (Å²) < 4.78 is 0. The van der Waals surface area contributed by atoms with Gasteiger partial charge < -0.3 is 5.73 Å². The van der Waals surface area contributed by atoms with E-state index >= 15 is 0 Å². The highest BCUT2D eigenvalue weighted by molar-refractivity contribution is 6.00. The molecule has 0 saturated carbocycles. The lowest BCUT2D eigenvalue weighted by Gasteiger charge is -2.04. The second-order valence-electron chi connectivity index (χ2n) is 3.05. The van der Waals surface area contributed by atoms with Crippen LogP contribution in [0.1, 0.15) is 22.8 Å². The van der Waals surface area contributed by atoms with Crippen LogP contribution in [0.5, 0.6) is 0 Å². The van der Waals surface area contributed by atoms with E-state index in [-0.39, 0.29) is 17.0 Å². The maximum atomic E-state index is 11.2. The van der Waals surface area contributed by atoms with Crippen molar-refractivity contribution in [2.45, 2.75) is 13.8 Å². The SMILES string of the molecule is CC(=O)c1c(C)cc(N)cc1[N+](=O)[O-]. The van der Waals surface area contributed by atoms with Crippen LogP contribution in [0, 0.1) is 17.0 Å². The smallest absolute Gasteiger partial charge is 0.282 e. The Labute approximate surface area is 80.7 Å². The minimum Gasteiger partial charge on any atom is -0.399 e. The Hall–Kier alpha value is -1.91. The molecule has 0 amide bonds. The number of Topliss-reactive ketones (excluding diaryl/α,β-unsaturated/α-hetero) is 1. The lowest BCUT2D eigenvalue weighted by molar-refractivity contribution is -0.385. The van der Waals surface area contributed by atoms with Gasteiger partial charge in [-0.05, 0) is 25.5 Å². The van der Waals surface area contributed by atoms with Crippen LogP contribution in [0.15, 0.2) is 12.1 Å². The molecule has 0 heterocycles. The van der Waals surface area contributed by atoms with Gasteiger partial charge in [0, 0.05) is 11.8 Å². The minimum atomic E-state index is -0.597. The number of hydrogen-bond acceptors (Lipinski definition) is 4. The Morgan fingerprint density at radius 3 is 2.50 bits per heavy atom. The molecule has 1 rings (SSSR count). The van der Waals surface area contributed by atoms with Gasteiger partial charge >= 0.3 is 0 Å². The van der Waals surface area contributed by atoms with Crippen molar-refractivity contribution in [1.82, 2.24) is 0 Å². The molecule has 14 heavy (non-hydrogen) atoms. The average molecular weight is 194 g/mol. The number of nitrogens with two attached hydrogens (primary N) is 1. The van der Waals surface area contributed by atoms with E-state index < -0.39 is 4.92 Å². The molecule has 0 spiro atoms. The number of anilines is 1. The summed E-state index contributed by atoms with van der Waals surface area (Å²) in [5, 5.41) is 10.6. The molecule has 0 aliphatic rings. The number of ketones is 1. The molecule has 0 aliphatic heterocycles. The first-order valence-corrected chi connectivity index (χ1v) is 3.99. The second-order valence-corrected chi connectivity index (χ2v) is 3.05. The van der Waals surface area contributed by atoms with Gasteiger partial charge in [0.05, 0.1) is 10.5 Å². The third-order valence-corrected chi connectivity index (χ3v) is 1.89. The zero-order valence-corrected chi connectivity index (χ0v) is 7.90. The van der Waals surface area contributed by atoms with Crippen LogP contribution >= 0.6 is 0 Å². The molecule has 2 N–H and O–H groups in total. The van der Waals surface area contributed by atoms with Gasteiger partial charge in [0.2, 0.25) is 0 Å². The summed E-state index contributed by atoms with van der Waals surface area (Å²) in [4.78, 5) is 21.2. The third-order valence-electron chi connectivity index (χ3n) is 1.89. The number of nitrogen functional groups attached to an aromatic ring is 1. The van der Waals surface area contributed by atoms with Crippen molar-refractivity contribution in [3.63, 3.8) is 0 Å². The molecular formula is C9H10N2O3. The first-order valence-electron chi connectivity index (χ1n) is 3.99. The molecule has 0 atom stereocenters. The van der Waals surface area contributed by atoms with Gasteiger partial charge in [0.15, 0.2) is 5.78 Å². The molecule has 0 radical (unpaired) electrons. The van der Waals surface area contributed by atoms with E-state index in [4.69, 9.17) is 5.73 Å². The Balaban J connectivity index is 3.52. The van der Waals surface area contributed by atoms with Crippen molar-refractivity contribution in [2.75, 3.05) is 5.73 Å². The van der Waals surface area contributed by atoms with Gasteiger partial charge in [-0.2, -0.15) is 0 Å². The van der Waals surface area contributed by atoms with Crippen LogP contribution in [-0.2, 0) is 0 Å². The van der Waals surface area contributed by atoms with E-state index in [1.807, 2.05) is 0 Å². The highest BCUT2D eigenvalue weighted by Gasteiger charge is 2.20. The number of benzene rings is 1. The quantitative estimate of drug-likeness (QED) is 0.336. The average Bonchev–Trinajstić information content (AvgIpc) is 2.01. The Kier molecular flexibility index (Phi) is 2.51. The Bertz CT molecular complexity index is 413. The monoisotopic (exact) mass is 194 g/mol. The third kappa shape index (κ3) is 1.71. The van der Waals surface area contributed by atoms with E-state index in [0.29, 0.717) is 11.3 Å². The number of carbonyl (C=O) groups excluding carboxylic acids is 1. The molecule has 0 aliphatic carbocycles. The maximum Gasteiger partial charge on any atom is 0.282 e. The number of hydrogen-bond donors (Lipinski definition) is 1. The lowest BCUT2D eigenvalue weighted by atomic mass is 10.0. The summed E-state index contributed by atoms with van der Waals surface area (Å²) in [6, 6.07) is 2.74. The molecule has 0 bridgehead atoms. The summed E-state index contributed by atoms with van der Waals surface area (Å²) in [6.45, 7) is 2.92. The molecule has 0 saturated heterocycles. The zero-order chi connectivity index (χ0) is 10.9. The summed E-state index contributed by atoms with van der Waals surface area (Å²) in [5.74, 6) is -0.325. The van der Waals surface area contributed by atoms with Crippen molar-refractivity contribution < 1.29 is 9.72 Å². The van der Waals surface area contributed by atoms with E-state index in [0.717, 1.165) is 0 Å². The molecule has 0 aromatic heterocycles. The lowest BCUT2D eigenvalue weighted by Crippen LogP contribution is -2.04. The number of rotatable bonds is 2. The Morgan fingerprint density at radius 1 is 1.50 bits per heavy atom. The van der Waals surface area contributed by atoms with Crippen molar-refractivity contribution in [3.05, 3.63) is 33.4 Å². The summed E-state index contributed by atoms with van der Waals surface area (Å²) in [6.07, 6.45) is 0. The van der Waals surface area contributed by atoms with Crippen LogP contribution < -0.4 is 5.73 Å². The standard InChI is InChI=1S/C9H10N2O3/c1-5-3-7(10)4-8(11(13)14)9(5)6(2)12/h3-4H,10H2,1-2H3. The van der Waals surface area contributed by atoms with Crippen molar-refractivity contribution >= 4 is 17.2 Å². The van der Waals surface area contributed by atoms with Crippen LogP contribution in [0.25, 0.3) is 0 Å². The van der Waals surface area contributed by atoms with E-state index in [2.05, 4.69) is 0 Å². The zero-order valence-electron chi connectivity index (χ0n) is 7.90. The number of carbonyl (C=O) groups is 1. The molecule has 1 aromatic rings. The largest absolute Gasteiger partial charge is 0.399 e. The van der Waals surface area contributed by atoms with Gasteiger partial charge in [0.1, 0.15) is 0 Å². The molecule has 0 unspecified atom stereocenters. The predicted octanol–water partition coefficient (Wildman–Crippen LogP) is 1.69. The van der Waals surface area contributed by atoms with Gasteiger partial charge in [-0.3, -0.25) is 14.9 Å². The van der Waals surface area contributed by atoms with Crippen LogP contribution in [0.3, 0.4) is 0 Å². The second kappa shape index (κ2) is 3.45. The fraction of sp³-hybridized carbons (Fsp3) is 0.222. The normalized spacial score (nSPS) is 9.86. The molecular weight excluding hydrogens is 184 g/mol. The van der Waals surface area contributed by atoms with Crippen LogP contribution in [-0.4, -0.2) is 10.7 Å². The van der Waals surface area contributed by atoms with Gasteiger partial charge in [-0.15, -0.1) is 0 Å². The van der Waals surface area contributed by atoms with Gasteiger partial charge in [-0.25, -0.2) is 0 Å². The van der Waals surface area contributed by atoms with Gasteiger partial charge in [0.25, 0.3) is 5.69 Å². The Morgan fingerprint density at radius 2 is 2.07 bits per heavy atom. The molecule has 5 nitrogen and oxygen atoms in total. The summed E-state index contributed by atoms with van der Waals surface area (Å²) >= 11 is 0. The van der Waals surface area contributed by atoms with Crippen LogP contribution in [0.4, 0.5) is 11.4 Å². The van der Waals surface area contributed by atoms with E-state index in [1.165, 1.54) is 13.0 Å². The number of nitro groups is 1. The summed E-state index contributed by atoms with van der Waals surface area (Å²) in [7, 11) is 0. The topological polar surface area (TPSA) is 86.2 Å². The van der Waals surface area contributed by atoms with Crippen molar-refractivity contribution in [2.24, 2.45) is 0 Å². The molecule has 5 heteroatoms. The number of nitrogens with zero attached hydrogens (tertiary/aromatic N) is 1. The van der Waals surface area contributed by atoms with Crippen molar-refractivity contribution in [1.29, 1.82) is 0 Å². The first kappa shape index (κ1) is 10.2. The number of aryl methyl sites for hydroxylation is 1. The van der Waals surface area contributed by atoms with E-state index in [1.54, 1.807) is 13.0 Å². The molecule has 1 aromatic carbocycles. The summed E-state index contributed by atoms with van der Waals surface area (Å²) in [5.41, 5.74) is 6.18. The fourth-order valence-electron chi connectivity index (χ4n) is 1.40. The number of nitro benzene ring substituents is 1. The minimum absolute atomic E-state index is 0.129. The molecule has 0 fully saturated rings. The first-order chi connectivity index (χ1) is 6.43. The van der Waals surface area contributed by atoms with Gasteiger partial charge in [-0.1, -0.05) is 0 Å². The fourth-order valence-corrected chi connectivity index (χ4v) is 1.40. The predicted molar refractivity (Wildman–Crippen MR) is 52.3 cm³/mol. The molecule has 74 valence electrons.